The van der Waals surface area contributed by atoms with Gasteiger partial charge in [0.2, 0.25) is 10.0 Å². The molecule has 2 fully saturated rings. The highest BCUT2D eigenvalue weighted by Crippen LogP contribution is 2.30. The fraction of sp³-hybridized carbons (Fsp3) is 0.333. The maximum absolute atomic E-state index is 12.7. The van der Waals surface area contributed by atoms with E-state index in [4.69, 9.17) is 21.4 Å². The first-order valence-corrected chi connectivity index (χ1v) is 11.5. The number of hydrogen-bond acceptors (Lipinski definition) is 7. The van der Waals surface area contributed by atoms with Crippen LogP contribution in [0.25, 0.3) is 11.6 Å². The second-order valence-corrected chi connectivity index (χ2v) is 10.3. The molecule has 1 aromatic rings. The van der Waals surface area contributed by atoms with Gasteiger partial charge in [0.05, 0.1) is 23.4 Å². The van der Waals surface area contributed by atoms with Crippen molar-refractivity contribution in [3.63, 3.8) is 0 Å². The summed E-state index contributed by atoms with van der Waals surface area (Å²) in [6.07, 6.45) is 7.37. The Morgan fingerprint density at radius 1 is 1.29 bits per heavy atom. The van der Waals surface area contributed by atoms with Gasteiger partial charge >= 0.3 is 0 Å². The lowest BCUT2D eigenvalue weighted by Gasteiger charge is -2.29. The molecule has 0 bridgehead atoms. The van der Waals surface area contributed by atoms with E-state index >= 15 is 0 Å². The molecule has 1 atom stereocenters. The molecule has 0 radical (unpaired) electrons. The van der Waals surface area contributed by atoms with E-state index in [1.165, 1.54) is 16.1 Å². The molecule has 1 N–H and O–H groups in total. The number of thiocarbonyl (C=S) groups is 1. The summed E-state index contributed by atoms with van der Waals surface area (Å²) in [5, 5.41) is 1.98. The number of rotatable bonds is 4. The van der Waals surface area contributed by atoms with Gasteiger partial charge in [-0.2, -0.15) is 4.31 Å². The number of allylic oxidation sites excluding steroid dienone is 3. The van der Waals surface area contributed by atoms with E-state index in [2.05, 4.69) is 5.32 Å². The van der Waals surface area contributed by atoms with Crippen LogP contribution in [0, 0.1) is 0 Å². The third-order valence-corrected chi connectivity index (χ3v) is 7.96. The molecule has 1 aromatic heterocycles. The van der Waals surface area contributed by atoms with Crippen molar-refractivity contribution in [3.05, 3.63) is 46.8 Å². The van der Waals surface area contributed by atoms with Gasteiger partial charge in [-0.3, -0.25) is 4.79 Å². The van der Waals surface area contributed by atoms with Gasteiger partial charge in [-0.15, -0.1) is 0 Å². The zero-order chi connectivity index (χ0) is 19.7. The van der Waals surface area contributed by atoms with Crippen LogP contribution in [-0.4, -0.2) is 54.5 Å². The summed E-state index contributed by atoms with van der Waals surface area (Å²) in [6.45, 7) is 1.66. The minimum absolute atomic E-state index is 0.235. The molecule has 3 aliphatic rings. The normalized spacial score (nSPS) is 25.2. The number of nitrogens with one attached hydrogen (secondary N) is 1. The number of ether oxygens (including phenoxy) is 1. The molecule has 1 unspecified atom stereocenters. The van der Waals surface area contributed by atoms with Crippen LogP contribution in [0.5, 0.6) is 0 Å². The highest BCUT2D eigenvalue weighted by Gasteiger charge is 2.32. The Hall–Kier alpha value is -1.72. The zero-order valence-corrected chi connectivity index (χ0v) is 17.2. The van der Waals surface area contributed by atoms with Crippen molar-refractivity contribution in [3.8, 4) is 0 Å². The molecule has 1 aliphatic carbocycles. The van der Waals surface area contributed by atoms with Crippen LogP contribution in [0.15, 0.2) is 39.7 Å². The molecule has 0 saturated carbocycles. The summed E-state index contributed by atoms with van der Waals surface area (Å²) >= 11 is 6.16. The van der Waals surface area contributed by atoms with E-state index in [0.717, 1.165) is 5.57 Å². The third-order valence-electron chi connectivity index (χ3n) is 4.60. The Morgan fingerprint density at radius 3 is 2.71 bits per heavy atom. The first-order valence-electron chi connectivity index (χ1n) is 8.73. The number of carbonyl (C=O) groups excluding carboxylic acids is 1. The summed E-state index contributed by atoms with van der Waals surface area (Å²) in [5.74, 6) is 0.923. The van der Waals surface area contributed by atoms with Gasteiger partial charge in [-0.1, -0.05) is 42.2 Å². The zero-order valence-electron chi connectivity index (χ0n) is 14.8. The van der Waals surface area contributed by atoms with Crippen LogP contribution in [0.3, 0.4) is 0 Å². The third kappa shape index (κ3) is 4.01. The number of hydrogen-bond donors (Lipinski definition) is 1. The number of amides is 1. The van der Waals surface area contributed by atoms with Crippen molar-refractivity contribution in [1.29, 1.82) is 0 Å². The summed E-state index contributed by atoms with van der Waals surface area (Å²) < 4.78 is 38.4. The quantitative estimate of drug-likeness (QED) is 0.569. The van der Waals surface area contributed by atoms with Gasteiger partial charge in [0.15, 0.2) is 0 Å². The molecular weight excluding hydrogens is 420 g/mol. The lowest BCUT2D eigenvalue weighted by molar-refractivity contribution is -0.115. The topological polar surface area (TPSA) is 88.9 Å². The molecule has 7 nitrogen and oxygen atoms in total. The standard InChI is InChI=1S/C18H18N2O5S3/c21-17-16(27-18(26)19-17)11-13-3-6-15(25-13)12-1-4-14(5-2-12)28(22,23)20-7-9-24-10-8-20/h1-4,6,11,14H,5,7-10H2,(H,19,21,26)/b16-11-. The van der Waals surface area contributed by atoms with Crippen molar-refractivity contribution < 1.29 is 22.4 Å². The number of carbonyl (C=O) groups is 1. The van der Waals surface area contributed by atoms with Crippen molar-refractivity contribution in [1.82, 2.24) is 9.62 Å². The maximum atomic E-state index is 12.7. The van der Waals surface area contributed by atoms with E-state index in [0.29, 0.717) is 53.5 Å². The Bertz CT molecular complexity index is 1000. The van der Waals surface area contributed by atoms with Gasteiger partial charge in [-0.05, 0) is 18.6 Å². The van der Waals surface area contributed by atoms with Crippen LogP contribution in [0.4, 0.5) is 0 Å². The Balaban J connectivity index is 1.45. The molecule has 10 heteroatoms. The maximum Gasteiger partial charge on any atom is 0.263 e. The van der Waals surface area contributed by atoms with Crippen molar-refractivity contribution in [2.75, 3.05) is 26.3 Å². The summed E-state index contributed by atoms with van der Waals surface area (Å²) in [6, 6.07) is 3.57. The number of thioether (sulfide) groups is 1. The van der Waals surface area contributed by atoms with Gasteiger partial charge in [0, 0.05) is 24.7 Å². The predicted molar refractivity (Wildman–Crippen MR) is 112 cm³/mol. The van der Waals surface area contributed by atoms with Crippen LogP contribution < -0.4 is 5.32 Å². The Kier molecular flexibility index (Phi) is 5.57. The molecular formula is C18H18N2O5S3. The second kappa shape index (κ2) is 7.96. The minimum atomic E-state index is -3.39. The first kappa shape index (κ1) is 19.6. The molecule has 0 aromatic carbocycles. The Labute approximate surface area is 172 Å². The molecule has 4 rings (SSSR count). The smallest absolute Gasteiger partial charge is 0.263 e. The van der Waals surface area contributed by atoms with E-state index in [1.54, 1.807) is 30.4 Å². The lowest BCUT2D eigenvalue weighted by atomic mass is 10.1. The van der Waals surface area contributed by atoms with E-state index in [-0.39, 0.29) is 5.91 Å². The van der Waals surface area contributed by atoms with E-state index < -0.39 is 15.3 Å². The SMILES string of the molecule is O=C1NC(=S)S/C1=C\c1ccc(C2=CCC(S(=O)(=O)N3CCOCC3)C=C2)o1. The highest BCUT2D eigenvalue weighted by atomic mass is 32.2. The number of sulfonamides is 1. The summed E-state index contributed by atoms with van der Waals surface area (Å²) in [5.41, 5.74) is 0.817. The van der Waals surface area contributed by atoms with Crippen LogP contribution >= 0.6 is 24.0 Å². The van der Waals surface area contributed by atoms with Crippen molar-refractivity contribution in [2.45, 2.75) is 11.7 Å². The van der Waals surface area contributed by atoms with Crippen LogP contribution in [0.1, 0.15) is 17.9 Å². The molecule has 2 saturated heterocycles. The number of morpholine rings is 1. The van der Waals surface area contributed by atoms with Crippen molar-refractivity contribution in [2.24, 2.45) is 0 Å². The van der Waals surface area contributed by atoms with Crippen LogP contribution in [0.2, 0.25) is 0 Å². The molecule has 2 aliphatic heterocycles. The summed E-state index contributed by atoms with van der Waals surface area (Å²) in [4.78, 5) is 12.2. The van der Waals surface area contributed by atoms with Gasteiger partial charge in [-0.25, -0.2) is 8.42 Å². The fourth-order valence-electron chi connectivity index (χ4n) is 3.13. The number of nitrogens with zero attached hydrogens (tertiary/aromatic N) is 1. The Morgan fingerprint density at radius 2 is 2.07 bits per heavy atom. The molecule has 1 amide bonds. The monoisotopic (exact) mass is 438 g/mol. The van der Waals surface area contributed by atoms with E-state index in [9.17, 15) is 13.2 Å². The molecule has 3 heterocycles. The molecule has 148 valence electrons. The second-order valence-electron chi connectivity index (χ2n) is 6.40. The van der Waals surface area contributed by atoms with Crippen LogP contribution in [-0.2, 0) is 19.6 Å². The van der Waals surface area contributed by atoms with Crippen molar-refractivity contribution >= 4 is 55.9 Å². The lowest BCUT2D eigenvalue weighted by Crippen LogP contribution is -2.44. The minimum Gasteiger partial charge on any atom is -0.457 e. The average Bonchev–Trinajstić information content (AvgIpc) is 3.29. The highest BCUT2D eigenvalue weighted by molar-refractivity contribution is 8.26. The predicted octanol–water partition coefficient (Wildman–Crippen LogP) is 2.14. The first-order chi connectivity index (χ1) is 13.4. The largest absolute Gasteiger partial charge is 0.457 e. The fourth-order valence-corrected chi connectivity index (χ4v) is 5.81. The van der Waals surface area contributed by atoms with Gasteiger partial charge in [0.1, 0.15) is 15.8 Å². The average molecular weight is 439 g/mol. The van der Waals surface area contributed by atoms with E-state index in [1.807, 2.05) is 6.08 Å². The van der Waals surface area contributed by atoms with Gasteiger partial charge in [0.25, 0.3) is 5.91 Å². The molecule has 0 spiro atoms. The molecule has 28 heavy (non-hydrogen) atoms. The summed E-state index contributed by atoms with van der Waals surface area (Å²) in [7, 11) is -3.39. The van der Waals surface area contributed by atoms with Gasteiger partial charge < -0.3 is 14.5 Å². The number of furan rings is 1.